The summed E-state index contributed by atoms with van der Waals surface area (Å²) in [4.78, 5) is 0. The number of hydrogen-bond donors (Lipinski definition) is 0. The lowest BCUT2D eigenvalue weighted by Crippen LogP contribution is -2.46. The van der Waals surface area contributed by atoms with Crippen molar-refractivity contribution in [1.29, 1.82) is 0 Å². The minimum absolute atomic E-state index is 0.344. The molecule has 2 heteroatoms. The van der Waals surface area contributed by atoms with Gasteiger partial charge in [0, 0.05) is 5.33 Å². The van der Waals surface area contributed by atoms with Gasteiger partial charge in [-0.3, -0.25) is 0 Å². The molecule has 0 aromatic carbocycles. The zero-order valence-corrected chi connectivity index (χ0v) is 8.40. The van der Waals surface area contributed by atoms with Gasteiger partial charge in [0.1, 0.15) is 0 Å². The SMILES string of the molecule is BrCC1CCCC2(CCC2)O1. The molecule has 1 aliphatic heterocycles. The van der Waals surface area contributed by atoms with Crippen LogP contribution in [-0.2, 0) is 4.74 Å². The Morgan fingerprint density at radius 1 is 1.27 bits per heavy atom. The Morgan fingerprint density at radius 2 is 2.00 bits per heavy atom. The van der Waals surface area contributed by atoms with Gasteiger partial charge in [-0.05, 0) is 38.5 Å². The van der Waals surface area contributed by atoms with E-state index in [-0.39, 0.29) is 0 Å². The van der Waals surface area contributed by atoms with E-state index in [1.165, 1.54) is 38.5 Å². The molecular formula is C9H15BrO. The lowest BCUT2D eigenvalue weighted by Gasteiger charge is -2.47. The van der Waals surface area contributed by atoms with Crippen LogP contribution in [-0.4, -0.2) is 17.0 Å². The topological polar surface area (TPSA) is 9.23 Å². The Bertz CT molecular complexity index is 142. The predicted molar refractivity (Wildman–Crippen MR) is 49.1 cm³/mol. The molecule has 11 heavy (non-hydrogen) atoms. The molecule has 64 valence electrons. The Labute approximate surface area is 76.6 Å². The number of halogens is 1. The Kier molecular flexibility index (Phi) is 2.24. The lowest BCUT2D eigenvalue weighted by molar-refractivity contribution is -0.160. The molecule has 1 atom stereocenters. The van der Waals surface area contributed by atoms with Crippen molar-refractivity contribution in [3.63, 3.8) is 0 Å². The van der Waals surface area contributed by atoms with Crippen LogP contribution in [0.3, 0.4) is 0 Å². The van der Waals surface area contributed by atoms with Crippen molar-refractivity contribution in [1.82, 2.24) is 0 Å². The maximum absolute atomic E-state index is 6.01. The largest absolute Gasteiger partial charge is 0.371 e. The van der Waals surface area contributed by atoms with Crippen LogP contribution >= 0.6 is 15.9 Å². The van der Waals surface area contributed by atoms with Crippen molar-refractivity contribution in [3.8, 4) is 0 Å². The molecule has 1 nitrogen and oxygen atoms in total. The standard InChI is InChI=1S/C9H15BrO/c10-7-8-3-1-4-9(11-8)5-2-6-9/h8H,1-7H2. The molecule has 0 amide bonds. The summed E-state index contributed by atoms with van der Waals surface area (Å²) < 4.78 is 6.01. The molecule has 1 aliphatic carbocycles. The number of ether oxygens (including phenoxy) is 1. The third kappa shape index (κ3) is 1.48. The monoisotopic (exact) mass is 218 g/mol. The highest BCUT2D eigenvalue weighted by atomic mass is 79.9. The summed E-state index contributed by atoms with van der Waals surface area (Å²) in [5.41, 5.74) is 0.344. The summed E-state index contributed by atoms with van der Waals surface area (Å²) >= 11 is 3.49. The second-order valence-corrected chi connectivity index (χ2v) is 4.47. The molecule has 0 aromatic rings. The van der Waals surface area contributed by atoms with E-state index in [4.69, 9.17) is 4.74 Å². The first-order valence-corrected chi connectivity index (χ1v) is 5.71. The third-order valence-corrected chi connectivity index (χ3v) is 3.73. The molecule has 0 radical (unpaired) electrons. The molecule has 0 aromatic heterocycles. The summed E-state index contributed by atoms with van der Waals surface area (Å²) in [5, 5.41) is 1.02. The molecule has 0 bridgehead atoms. The van der Waals surface area contributed by atoms with Crippen LogP contribution in [0.15, 0.2) is 0 Å². The molecule has 2 aliphatic rings. The van der Waals surface area contributed by atoms with Crippen molar-refractivity contribution in [2.45, 2.75) is 50.2 Å². The first kappa shape index (κ1) is 8.06. The van der Waals surface area contributed by atoms with Crippen molar-refractivity contribution in [2.75, 3.05) is 5.33 Å². The molecule has 1 spiro atoms. The average Bonchev–Trinajstić information content (AvgIpc) is 2.02. The minimum atomic E-state index is 0.344. The van der Waals surface area contributed by atoms with Gasteiger partial charge in [-0.2, -0.15) is 0 Å². The molecule has 2 fully saturated rings. The zero-order chi connectivity index (χ0) is 7.73. The smallest absolute Gasteiger partial charge is 0.0686 e. The summed E-state index contributed by atoms with van der Waals surface area (Å²) in [6.07, 6.45) is 8.46. The summed E-state index contributed by atoms with van der Waals surface area (Å²) in [6, 6.07) is 0. The molecular weight excluding hydrogens is 204 g/mol. The fraction of sp³-hybridized carbons (Fsp3) is 1.00. The molecule has 1 heterocycles. The van der Waals surface area contributed by atoms with E-state index >= 15 is 0 Å². The highest BCUT2D eigenvalue weighted by Gasteiger charge is 2.41. The van der Waals surface area contributed by atoms with Crippen LogP contribution in [0.5, 0.6) is 0 Å². The van der Waals surface area contributed by atoms with E-state index in [1.807, 2.05) is 0 Å². The fourth-order valence-electron chi connectivity index (χ4n) is 2.17. The Morgan fingerprint density at radius 3 is 2.55 bits per heavy atom. The second-order valence-electron chi connectivity index (χ2n) is 3.82. The van der Waals surface area contributed by atoms with Crippen LogP contribution < -0.4 is 0 Å². The zero-order valence-electron chi connectivity index (χ0n) is 6.81. The van der Waals surface area contributed by atoms with Gasteiger partial charge in [-0.25, -0.2) is 0 Å². The summed E-state index contributed by atoms with van der Waals surface area (Å²) in [7, 11) is 0. The summed E-state index contributed by atoms with van der Waals surface area (Å²) in [5.74, 6) is 0. The van der Waals surface area contributed by atoms with E-state index in [0.717, 1.165) is 5.33 Å². The maximum Gasteiger partial charge on any atom is 0.0686 e. The maximum atomic E-state index is 6.01. The van der Waals surface area contributed by atoms with Crippen molar-refractivity contribution >= 4 is 15.9 Å². The molecule has 2 rings (SSSR count). The van der Waals surface area contributed by atoms with E-state index in [1.54, 1.807) is 0 Å². The van der Waals surface area contributed by atoms with Gasteiger partial charge in [0.15, 0.2) is 0 Å². The van der Waals surface area contributed by atoms with E-state index < -0.39 is 0 Å². The minimum Gasteiger partial charge on any atom is -0.371 e. The number of alkyl halides is 1. The van der Waals surface area contributed by atoms with Crippen LogP contribution in [0, 0.1) is 0 Å². The highest BCUT2D eigenvalue weighted by molar-refractivity contribution is 9.09. The van der Waals surface area contributed by atoms with E-state index in [0.29, 0.717) is 11.7 Å². The molecule has 0 N–H and O–H groups in total. The fourth-order valence-corrected chi connectivity index (χ4v) is 2.63. The Balaban J connectivity index is 1.92. The number of hydrogen-bond acceptors (Lipinski definition) is 1. The van der Waals surface area contributed by atoms with Gasteiger partial charge in [0.05, 0.1) is 11.7 Å². The van der Waals surface area contributed by atoms with Gasteiger partial charge >= 0.3 is 0 Å². The van der Waals surface area contributed by atoms with Crippen LogP contribution in [0.4, 0.5) is 0 Å². The van der Waals surface area contributed by atoms with Gasteiger partial charge in [-0.15, -0.1) is 0 Å². The number of rotatable bonds is 1. The van der Waals surface area contributed by atoms with Gasteiger partial charge in [0.25, 0.3) is 0 Å². The third-order valence-electron chi connectivity index (χ3n) is 3.01. The quantitative estimate of drug-likeness (QED) is 0.616. The highest BCUT2D eigenvalue weighted by Crippen LogP contribution is 2.44. The first-order chi connectivity index (χ1) is 5.35. The lowest BCUT2D eigenvalue weighted by atomic mass is 9.74. The van der Waals surface area contributed by atoms with Crippen molar-refractivity contribution < 1.29 is 4.74 Å². The summed E-state index contributed by atoms with van der Waals surface area (Å²) in [6.45, 7) is 0. The average molecular weight is 219 g/mol. The van der Waals surface area contributed by atoms with Gasteiger partial charge in [0.2, 0.25) is 0 Å². The van der Waals surface area contributed by atoms with Crippen LogP contribution in [0.2, 0.25) is 0 Å². The van der Waals surface area contributed by atoms with Crippen LogP contribution in [0.25, 0.3) is 0 Å². The van der Waals surface area contributed by atoms with Crippen molar-refractivity contribution in [2.24, 2.45) is 0 Å². The normalized spacial score (nSPS) is 35.2. The van der Waals surface area contributed by atoms with Gasteiger partial charge < -0.3 is 4.74 Å². The van der Waals surface area contributed by atoms with E-state index in [2.05, 4.69) is 15.9 Å². The molecule has 1 saturated carbocycles. The second kappa shape index (κ2) is 3.06. The van der Waals surface area contributed by atoms with Gasteiger partial charge in [-0.1, -0.05) is 15.9 Å². The molecule has 1 saturated heterocycles. The predicted octanol–water partition coefficient (Wildman–Crippen LogP) is 2.87. The first-order valence-electron chi connectivity index (χ1n) is 4.58. The Hall–Kier alpha value is 0.440. The molecule has 1 unspecified atom stereocenters. The van der Waals surface area contributed by atoms with Crippen molar-refractivity contribution in [3.05, 3.63) is 0 Å². The van der Waals surface area contributed by atoms with Crippen LogP contribution in [0.1, 0.15) is 38.5 Å². The van der Waals surface area contributed by atoms with E-state index in [9.17, 15) is 0 Å².